The summed E-state index contributed by atoms with van der Waals surface area (Å²) in [6.45, 7) is 8.87. The first-order valence-corrected chi connectivity index (χ1v) is 21.9. The summed E-state index contributed by atoms with van der Waals surface area (Å²) in [6, 6.07) is -12.5. The number of nitrogens with two attached hydrogens (primary N) is 5. The van der Waals surface area contributed by atoms with Crippen molar-refractivity contribution in [3.63, 3.8) is 0 Å². The molecule has 0 saturated heterocycles. The average molecular weight is 989 g/mol. The molecule has 0 unspecified atom stereocenters. The van der Waals surface area contributed by atoms with E-state index >= 15 is 0 Å². The first kappa shape index (κ1) is 62.3. The Balaban J connectivity index is 6.13. The lowest BCUT2D eigenvalue weighted by atomic mass is 10.00. The number of hydrogen-bond donors (Lipinski definition) is 17. The maximum atomic E-state index is 13.6. The zero-order chi connectivity index (χ0) is 53.5. The van der Waals surface area contributed by atoms with Crippen molar-refractivity contribution in [3.05, 3.63) is 0 Å². The van der Waals surface area contributed by atoms with Gasteiger partial charge < -0.3 is 91.6 Å². The fraction of sp³-hybridized carbons (Fsp3) is 0.700. The first-order valence-electron chi connectivity index (χ1n) is 21.9. The number of carbonyl (C=O) groups excluding carboxylic acids is 10. The number of aliphatic carboxylic acids is 1. The lowest BCUT2D eigenvalue weighted by Gasteiger charge is -2.30. The van der Waals surface area contributed by atoms with Gasteiger partial charge in [0, 0.05) is 13.0 Å². The average Bonchev–Trinajstić information content (AvgIpc) is 3.22. The second-order valence-electron chi connectivity index (χ2n) is 17.1. The molecule has 0 aliphatic heterocycles. The predicted molar refractivity (Wildman–Crippen MR) is 244 cm³/mol. The second-order valence-corrected chi connectivity index (χ2v) is 17.1. The van der Waals surface area contributed by atoms with Crippen molar-refractivity contribution in [2.24, 2.45) is 45.5 Å². The van der Waals surface area contributed by atoms with E-state index in [9.17, 15) is 73.2 Å². The summed E-state index contributed by atoms with van der Waals surface area (Å²) in [6.07, 6.45) is -6.05. The van der Waals surface area contributed by atoms with Crippen LogP contribution in [0.25, 0.3) is 0 Å². The van der Waals surface area contributed by atoms with Crippen LogP contribution in [0.5, 0.6) is 0 Å². The fourth-order valence-electron chi connectivity index (χ4n) is 6.12. The van der Waals surface area contributed by atoms with E-state index in [0.717, 1.165) is 20.8 Å². The zero-order valence-electron chi connectivity index (χ0n) is 39.8. The number of hydrogen-bond acceptors (Lipinski definition) is 16. The summed E-state index contributed by atoms with van der Waals surface area (Å²) in [4.78, 5) is 145. The molecule has 29 heteroatoms. The number of amides is 10. The van der Waals surface area contributed by atoms with E-state index < -0.39 is 151 Å². The van der Waals surface area contributed by atoms with Crippen LogP contribution in [0.3, 0.4) is 0 Å². The van der Waals surface area contributed by atoms with Crippen molar-refractivity contribution < 1.29 is 73.2 Å². The molecule has 392 valence electrons. The highest BCUT2D eigenvalue weighted by Gasteiger charge is 2.37. The molecule has 0 aromatic carbocycles. The van der Waals surface area contributed by atoms with E-state index in [0.29, 0.717) is 0 Å². The van der Waals surface area contributed by atoms with E-state index in [1.807, 2.05) is 0 Å². The molecule has 0 rings (SSSR count). The van der Waals surface area contributed by atoms with Crippen molar-refractivity contribution in [1.82, 2.24) is 42.5 Å². The Morgan fingerprint density at radius 1 is 0.522 bits per heavy atom. The Bertz CT molecular complexity index is 1840. The summed E-state index contributed by atoms with van der Waals surface area (Å²) in [5.41, 5.74) is 26.9. The van der Waals surface area contributed by atoms with Gasteiger partial charge in [0.25, 0.3) is 0 Å². The summed E-state index contributed by atoms with van der Waals surface area (Å²) in [5.74, 6) is -12.9. The number of carboxylic acid groups (broad SMARTS) is 1. The number of carboxylic acids is 1. The van der Waals surface area contributed by atoms with Crippen LogP contribution in [0.4, 0.5) is 0 Å². The minimum absolute atomic E-state index is 0.0179. The second kappa shape index (κ2) is 30.6. The van der Waals surface area contributed by atoms with Gasteiger partial charge in [0.1, 0.15) is 36.3 Å². The van der Waals surface area contributed by atoms with E-state index in [2.05, 4.69) is 47.5 Å². The molecule has 22 N–H and O–H groups in total. The van der Waals surface area contributed by atoms with Crippen LogP contribution in [0, 0.1) is 11.8 Å². The molecule has 29 nitrogen and oxygen atoms in total. The topological polar surface area (TPSA) is 507 Å². The number of aliphatic hydroxyl groups excluding tert-OH is 3. The largest absolute Gasteiger partial charge is 0.480 e. The fourth-order valence-corrected chi connectivity index (χ4v) is 6.12. The summed E-state index contributed by atoms with van der Waals surface area (Å²) >= 11 is 0. The van der Waals surface area contributed by atoms with Crippen molar-refractivity contribution in [2.75, 3.05) is 13.1 Å². The van der Waals surface area contributed by atoms with E-state index in [4.69, 9.17) is 28.7 Å². The van der Waals surface area contributed by atoms with Gasteiger partial charge in [-0.05, 0) is 58.3 Å². The van der Waals surface area contributed by atoms with Gasteiger partial charge in [0.2, 0.25) is 59.1 Å². The Kier molecular flexibility index (Phi) is 27.6. The Labute approximate surface area is 398 Å². The van der Waals surface area contributed by atoms with Crippen molar-refractivity contribution in [1.29, 1.82) is 0 Å². The van der Waals surface area contributed by atoms with Crippen molar-refractivity contribution in [3.8, 4) is 0 Å². The number of aliphatic hydroxyl groups is 3. The van der Waals surface area contributed by atoms with Crippen LogP contribution < -0.4 is 71.2 Å². The molecule has 0 spiro atoms. The number of guanidine groups is 1. The lowest BCUT2D eigenvalue weighted by molar-refractivity contribution is -0.145. The monoisotopic (exact) mass is 989 g/mol. The molecule has 11 atom stereocenters. The normalized spacial score (nSPS) is 15.9. The van der Waals surface area contributed by atoms with Gasteiger partial charge in [-0.25, -0.2) is 4.79 Å². The Hall–Kier alpha value is -6.72. The molecule has 0 radical (unpaired) electrons. The van der Waals surface area contributed by atoms with Gasteiger partial charge in [0.05, 0.1) is 37.3 Å². The van der Waals surface area contributed by atoms with E-state index in [1.165, 1.54) is 13.8 Å². The molecule has 0 bridgehead atoms. The van der Waals surface area contributed by atoms with Gasteiger partial charge in [-0.15, -0.1) is 0 Å². The SMILES string of the molecule is CC(C)C[C@H](NC(=O)[C@@H](NC(=O)CNC(=O)[C@H](CC(N)=O)NC(=O)[C@H](CCCN=C(N)N)NC(=O)[C@@H](N)CCC(N)=O)[C@@H](C)O)C(=O)N[C@H](C(=O)N[C@H](C(=O)N[C@H](C(=O)O)[C@@H](C)O)C(C)C)[C@@H](C)O. The quantitative estimate of drug-likeness (QED) is 0.0169. The maximum absolute atomic E-state index is 13.6. The van der Waals surface area contributed by atoms with Gasteiger partial charge in [-0.1, -0.05) is 27.7 Å². The molecule has 0 aromatic heterocycles. The molecule has 0 aliphatic carbocycles. The maximum Gasteiger partial charge on any atom is 0.328 e. The highest BCUT2D eigenvalue weighted by Crippen LogP contribution is 2.10. The van der Waals surface area contributed by atoms with Crippen LogP contribution in [0.15, 0.2) is 4.99 Å². The molecule has 0 heterocycles. The van der Waals surface area contributed by atoms with Crippen LogP contribution in [0.2, 0.25) is 0 Å². The minimum atomic E-state index is -1.78. The number of primary amides is 2. The van der Waals surface area contributed by atoms with Gasteiger partial charge in [0.15, 0.2) is 12.0 Å². The molecular weight excluding hydrogens is 917 g/mol. The van der Waals surface area contributed by atoms with Crippen molar-refractivity contribution >= 4 is 71.0 Å². The molecule has 0 fully saturated rings. The third-order valence-electron chi connectivity index (χ3n) is 9.86. The first-order chi connectivity index (χ1) is 31.9. The minimum Gasteiger partial charge on any atom is -0.480 e. The Morgan fingerprint density at radius 3 is 1.46 bits per heavy atom. The smallest absolute Gasteiger partial charge is 0.328 e. The number of carbonyl (C=O) groups is 11. The predicted octanol–water partition coefficient (Wildman–Crippen LogP) is -8.05. The number of aliphatic imine (C=N–C) groups is 1. The highest BCUT2D eigenvalue weighted by molar-refractivity contribution is 5.98. The molecule has 0 aromatic rings. The molecule has 0 aliphatic rings. The van der Waals surface area contributed by atoms with Crippen molar-refractivity contribution in [2.45, 2.75) is 154 Å². The molecule has 0 saturated carbocycles. The summed E-state index contributed by atoms with van der Waals surface area (Å²) in [5, 5.41) is 58.4. The summed E-state index contributed by atoms with van der Waals surface area (Å²) in [7, 11) is 0. The third-order valence-corrected chi connectivity index (χ3v) is 9.86. The number of nitrogens with one attached hydrogen (secondary N) is 8. The molecule has 69 heavy (non-hydrogen) atoms. The van der Waals surface area contributed by atoms with Crippen LogP contribution >= 0.6 is 0 Å². The van der Waals surface area contributed by atoms with E-state index in [-0.39, 0.29) is 50.5 Å². The lowest BCUT2D eigenvalue weighted by Crippen LogP contribution is -2.63. The zero-order valence-corrected chi connectivity index (χ0v) is 39.8. The van der Waals surface area contributed by atoms with Crippen LogP contribution in [0.1, 0.15) is 87.0 Å². The number of nitrogens with zero attached hydrogens (tertiary/aromatic N) is 1. The van der Waals surface area contributed by atoms with E-state index in [1.54, 1.807) is 13.8 Å². The Morgan fingerprint density at radius 2 is 0.986 bits per heavy atom. The van der Waals surface area contributed by atoms with Gasteiger partial charge in [-0.2, -0.15) is 0 Å². The third kappa shape index (κ3) is 24.2. The van der Waals surface area contributed by atoms with Gasteiger partial charge in [-0.3, -0.25) is 52.9 Å². The highest BCUT2D eigenvalue weighted by atomic mass is 16.4. The summed E-state index contributed by atoms with van der Waals surface area (Å²) < 4.78 is 0. The number of rotatable bonds is 32. The molecule has 10 amide bonds. The van der Waals surface area contributed by atoms with Crippen LogP contribution in [-0.4, -0.2) is 171 Å². The van der Waals surface area contributed by atoms with Gasteiger partial charge >= 0.3 is 5.97 Å². The molecular formula is C40H72N14O15. The van der Waals surface area contributed by atoms with Crippen LogP contribution in [-0.2, 0) is 52.7 Å². The standard InChI is InChI=1S/C40H72N14O15/c1-16(2)13-23(35(64)53-30(19(6)56)38(67)52-28(17(3)4)36(65)54-31(20(7)57)39(68)69)50-37(66)29(18(5)55)51-27(60)15-47-33(62)24(14-26(43)59)49-34(63)22(9-8-12-46-40(44)45)48-32(61)21(41)10-11-25(42)58/h16-24,28-31,55-57H,8-15,41H2,1-7H3,(H2,42,58)(H2,43,59)(H,47,62)(H,48,61)(H,49,63)(H,50,66)(H,51,60)(H,52,67)(H,53,64)(H,54,65)(H,68,69)(H4,44,45,46)/t18-,19-,20-,21+,22+,23+,24+,28+,29+,30+,31+/m1/s1.